The molecular formula is C21H22IN3O2S. The highest BCUT2D eigenvalue weighted by molar-refractivity contribution is 14.1. The molecule has 0 spiro atoms. The number of nitrogens with zero attached hydrogens (tertiary/aromatic N) is 3. The van der Waals surface area contributed by atoms with Crippen molar-refractivity contribution < 1.29 is 9.47 Å². The third kappa shape index (κ3) is 4.64. The van der Waals surface area contributed by atoms with E-state index in [9.17, 15) is 0 Å². The van der Waals surface area contributed by atoms with Crippen molar-refractivity contribution in [3.05, 3.63) is 61.8 Å². The van der Waals surface area contributed by atoms with Gasteiger partial charge in [-0.15, -0.1) is 11.3 Å². The average Bonchev–Trinajstić information content (AvgIpc) is 3.08. The second kappa shape index (κ2) is 9.38. The van der Waals surface area contributed by atoms with Gasteiger partial charge in [0.15, 0.2) is 0 Å². The van der Waals surface area contributed by atoms with E-state index < -0.39 is 0 Å². The molecule has 0 saturated carbocycles. The normalized spacial score (nSPS) is 12.1. The second-order valence-corrected chi connectivity index (χ2v) is 8.27. The van der Waals surface area contributed by atoms with Crippen molar-refractivity contribution in [2.24, 2.45) is 10.1 Å². The lowest BCUT2D eigenvalue weighted by Crippen LogP contribution is -2.14. The van der Waals surface area contributed by atoms with E-state index in [0.29, 0.717) is 0 Å². The molecule has 0 N–H and O–H groups in total. The molecule has 2 aromatic carbocycles. The predicted molar refractivity (Wildman–Crippen MR) is 124 cm³/mol. The van der Waals surface area contributed by atoms with Crippen LogP contribution in [0.25, 0.3) is 11.3 Å². The number of rotatable bonds is 6. The monoisotopic (exact) mass is 507 g/mol. The molecule has 0 radical (unpaired) electrons. The molecule has 0 atom stereocenters. The Hall–Kier alpha value is -2.13. The molecule has 0 amide bonds. The highest BCUT2D eigenvalue weighted by Gasteiger charge is 2.14. The van der Waals surface area contributed by atoms with Crippen molar-refractivity contribution in [1.82, 2.24) is 4.68 Å². The quantitative estimate of drug-likeness (QED) is 0.347. The molecule has 146 valence electrons. The lowest BCUT2D eigenvalue weighted by atomic mass is 10.1. The summed E-state index contributed by atoms with van der Waals surface area (Å²) < 4.78 is 13.9. The Labute approximate surface area is 182 Å². The molecule has 1 heterocycles. The van der Waals surface area contributed by atoms with E-state index in [1.807, 2.05) is 47.3 Å². The maximum atomic E-state index is 5.60. The van der Waals surface area contributed by atoms with Crippen molar-refractivity contribution in [2.75, 3.05) is 14.2 Å². The topological polar surface area (TPSA) is 48.1 Å². The van der Waals surface area contributed by atoms with Gasteiger partial charge in [0.05, 0.1) is 26.1 Å². The van der Waals surface area contributed by atoms with Crippen molar-refractivity contribution in [1.29, 1.82) is 0 Å². The number of benzene rings is 2. The first-order valence-electron chi connectivity index (χ1n) is 8.79. The molecule has 5 nitrogen and oxygen atoms in total. The van der Waals surface area contributed by atoms with Crippen LogP contribution in [-0.2, 0) is 0 Å². The van der Waals surface area contributed by atoms with Crippen LogP contribution in [-0.4, -0.2) is 31.2 Å². The van der Waals surface area contributed by atoms with E-state index in [1.54, 1.807) is 25.6 Å². The summed E-state index contributed by atoms with van der Waals surface area (Å²) in [6.45, 7) is 4.11. The Kier molecular flexibility index (Phi) is 6.90. The van der Waals surface area contributed by atoms with Crippen molar-refractivity contribution >= 4 is 40.1 Å². The maximum absolute atomic E-state index is 5.60. The summed E-state index contributed by atoms with van der Waals surface area (Å²) in [7, 11) is 3.30. The Morgan fingerprint density at radius 2 is 1.89 bits per heavy atom. The second-order valence-electron chi connectivity index (χ2n) is 6.27. The first kappa shape index (κ1) is 20.6. The molecule has 0 aliphatic rings. The first-order valence-corrected chi connectivity index (χ1v) is 10.7. The van der Waals surface area contributed by atoms with Crippen molar-refractivity contribution in [3.8, 4) is 22.8 Å². The summed E-state index contributed by atoms with van der Waals surface area (Å²) >= 11 is 3.88. The third-order valence-corrected chi connectivity index (χ3v) is 5.77. The smallest absolute Gasteiger partial charge is 0.206 e. The van der Waals surface area contributed by atoms with Gasteiger partial charge in [0, 0.05) is 32.2 Å². The number of hydrogen-bond donors (Lipinski definition) is 0. The fourth-order valence-electron chi connectivity index (χ4n) is 2.62. The van der Waals surface area contributed by atoms with Gasteiger partial charge in [-0.25, -0.2) is 4.68 Å². The van der Waals surface area contributed by atoms with Crippen LogP contribution in [0.15, 0.2) is 57.9 Å². The van der Waals surface area contributed by atoms with Crippen LogP contribution in [0.5, 0.6) is 11.5 Å². The average molecular weight is 507 g/mol. The van der Waals surface area contributed by atoms with E-state index in [1.165, 1.54) is 0 Å². The number of methoxy groups -OCH3 is 2. The van der Waals surface area contributed by atoms with Crippen LogP contribution in [0, 0.1) is 3.57 Å². The Bertz CT molecular complexity index is 1050. The molecule has 1 aromatic heterocycles. The van der Waals surface area contributed by atoms with Crippen LogP contribution >= 0.6 is 33.9 Å². The molecule has 3 aromatic rings. The fraction of sp³-hybridized carbons (Fsp3) is 0.238. The van der Waals surface area contributed by atoms with Gasteiger partial charge in [0.1, 0.15) is 11.5 Å². The summed E-state index contributed by atoms with van der Waals surface area (Å²) in [5, 5.41) is 6.82. The van der Waals surface area contributed by atoms with Gasteiger partial charge < -0.3 is 9.47 Å². The van der Waals surface area contributed by atoms with E-state index >= 15 is 0 Å². The molecule has 0 fully saturated rings. The van der Waals surface area contributed by atoms with Crippen LogP contribution in [0.4, 0.5) is 0 Å². The molecule has 28 heavy (non-hydrogen) atoms. The number of aromatic nitrogens is 1. The van der Waals surface area contributed by atoms with E-state index in [4.69, 9.17) is 19.6 Å². The fourth-order valence-corrected chi connectivity index (χ4v) is 4.10. The number of halogens is 1. The largest absolute Gasteiger partial charge is 0.497 e. The van der Waals surface area contributed by atoms with Gasteiger partial charge in [0.2, 0.25) is 4.80 Å². The molecule has 0 aliphatic heterocycles. The molecule has 0 bridgehead atoms. The minimum Gasteiger partial charge on any atom is -0.497 e. The highest BCUT2D eigenvalue weighted by atomic mass is 127. The van der Waals surface area contributed by atoms with Gasteiger partial charge in [-0.05, 0) is 54.6 Å². The minimum absolute atomic E-state index is 0.169. The summed E-state index contributed by atoms with van der Waals surface area (Å²) in [5.41, 5.74) is 2.92. The van der Waals surface area contributed by atoms with Crippen molar-refractivity contribution in [3.63, 3.8) is 0 Å². The Balaban J connectivity index is 2.16. The number of thiazole rings is 1. The zero-order valence-electron chi connectivity index (χ0n) is 16.2. The van der Waals surface area contributed by atoms with Gasteiger partial charge >= 0.3 is 0 Å². The Morgan fingerprint density at radius 1 is 1.11 bits per heavy atom. The summed E-state index contributed by atoms with van der Waals surface area (Å²) in [4.78, 5) is 5.57. The predicted octanol–water partition coefficient (Wildman–Crippen LogP) is 5.03. The van der Waals surface area contributed by atoms with E-state index in [2.05, 4.69) is 47.9 Å². The summed E-state index contributed by atoms with van der Waals surface area (Å²) in [5.74, 6) is 1.48. The van der Waals surface area contributed by atoms with Gasteiger partial charge in [-0.3, -0.25) is 4.99 Å². The van der Waals surface area contributed by atoms with Crippen LogP contribution in [0.3, 0.4) is 0 Å². The van der Waals surface area contributed by atoms with Gasteiger partial charge in [0.25, 0.3) is 0 Å². The van der Waals surface area contributed by atoms with E-state index in [-0.39, 0.29) is 6.04 Å². The lowest BCUT2D eigenvalue weighted by molar-refractivity contribution is 0.395. The third-order valence-electron chi connectivity index (χ3n) is 3.96. The highest BCUT2D eigenvalue weighted by Crippen LogP contribution is 2.33. The van der Waals surface area contributed by atoms with Crippen LogP contribution in [0.1, 0.15) is 19.4 Å². The SMILES string of the molecule is COc1ccc(-c2csc(=NC(C)C)n2N=Cc2ccccc2I)c(OC)c1. The van der Waals surface area contributed by atoms with Crippen LogP contribution in [0.2, 0.25) is 0 Å². The standard InChI is InChI=1S/C21H22IN3O2S/c1-14(2)24-21-25(23-12-15-7-5-6-8-18(15)22)19(13-28-21)17-10-9-16(26-3)11-20(17)27-4/h5-14H,1-4H3. The summed E-state index contributed by atoms with van der Waals surface area (Å²) in [6.07, 6.45) is 1.87. The Morgan fingerprint density at radius 3 is 2.57 bits per heavy atom. The molecule has 0 aliphatic carbocycles. The van der Waals surface area contributed by atoms with Crippen molar-refractivity contribution in [2.45, 2.75) is 19.9 Å². The minimum atomic E-state index is 0.169. The van der Waals surface area contributed by atoms with Crippen LogP contribution < -0.4 is 14.3 Å². The lowest BCUT2D eigenvalue weighted by Gasteiger charge is -2.11. The first-order chi connectivity index (χ1) is 13.5. The molecule has 7 heteroatoms. The number of hydrogen-bond acceptors (Lipinski definition) is 5. The molecular weight excluding hydrogens is 485 g/mol. The molecule has 3 rings (SSSR count). The van der Waals surface area contributed by atoms with Gasteiger partial charge in [-0.2, -0.15) is 5.10 Å². The van der Waals surface area contributed by atoms with E-state index in [0.717, 1.165) is 36.7 Å². The molecule has 0 saturated heterocycles. The maximum Gasteiger partial charge on any atom is 0.206 e. The zero-order valence-corrected chi connectivity index (χ0v) is 19.2. The van der Waals surface area contributed by atoms with Gasteiger partial charge in [-0.1, -0.05) is 18.2 Å². The zero-order chi connectivity index (χ0) is 20.1. The summed E-state index contributed by atoms with van der Waals surface area (Å²) in [6, 6.07) is 14.1. The number of ether oxygens (including phenoxy) is 2. The molecule has 0 unspecified atom stereocenters.